The smallest absolute Gasteiger partial charge is 0.234 e. The van der Waals surface area contributed by atoms with Gasteiger partial charge in [-0.15, -0.1) is 16.4 Å². The van der Waals surface area contributed by atoms with E-state index in [2.05, 4.69) is 20.5 Å². The van der Waals surface area contributed by atoms with Crippen LogP contribution in [0, 0.1) is 5.82 Å². The number of amides is 1. The van der Waals surface area contributed by atoms with Crippen LogP contribution in [0.3, 0.4) is 0 Å². The van der Waals surface area contributed by atoms with Crippen LogP contribution in [0.4, 0.5) is 10.1 Å². The van der Waals surface area contributed by atoms with Crippen molar-refractivity contribution in [1.82, 2.24) is 15.2 Å². The van der Waals surface area contributed by atoms with Gasteiger partial charge in [-0.1, -0.05) is 29.4 Å². The molecular weight excluding hydrogens is 371 g/mol. The molecule has 2 aromatic heterocycles. The summed E-state index contributed by atoms with van der Waals surface area (Å²) in [7, 11) is 0. The van der Waals surface area contributed by atoms with Crippen LogP contribution >= 0.6 is 34.7 Å². The molecule has 0 atom stereocenters. The Hall–Kier alpha value is -1.90. The van der Waals surface area contributed by atoms with Crippen LogP contribution < -0.4 is 5.32 Å². The van der Waals surface area contributed by atoms with Crippen molar-refractivity contribution in [2.75, 3.05) is 11.1 Å². The van der Waals surface area contributed by atoms with Crippen LogP contribution in [0.5, 0.6) is 0 Å². The molecule has 3 rings (SSSR count). The normalized spacial score (nSPS) is 10.8. The van der Waals surface area contributed by atoms with E-state index in [4.69, 9.17) is 11.6 Å². The van der Waals surface area contributed by atoms with Crippen LogP contribution in [0.2, 0.25) is 5.02 Å². The van der Waals surface area contributed by atoms with Crippen molar-refractivity contribution in [1.29, 1.82) is 0 Å². The SMILES string of the molecule is O=C(CSc1n[nH]c(Cc2cccs2)n1)Nc1cc(Cl)ccc1F. The van der Waals surface area contributed by atoms with Gasteiger partial charge in [-0.25, -0.2) is 9.37 Å². The number of H-pyrrole nitrogens is 1. The molecule has 2 N–H and O–H groups in total. The van der Waals surface area contributed by atoms with Gasteiger partial charge in [0.2, 0.25) is 11.1 Å². The first-order valence-electron chi connectivity index (χ1n) is 6.91. The summed E-state index contributed by atoms with van der Waals surface area (Å²) in [4.78, 5) is 17.4. The Kier molecular flexibility index (Phi) is 5.49. The Morgan fingerprint density at radius 2 is 2.29 bits per heavy atom. The number of aromatic nitrogens is 3. The van der Waals surface area contributed by atoms with Gasteiger partial charge in [0.25, 0.3) is 0 Å². The summed E-state index contributed by atoms with van der Waals surface area (Å²) < 4.78 is 13.6. The largest absolute Gasteiger partial charge is 0.323 e. The molecular formula is C15H12ClFN4OS2. The number of aromatic amines is 1. The second-order valence-electron chi connectivity index (χ2n) is 4.78. The lowest BCUT2D eigenvalue weighted by atomic mass is 10.3. The maximum absolute atomic E-state index is 13.6. The number of hydrogen-bond donors (Lipinski definition) is 2. The molecule has 0 bridgehead atoms. The van der Waals surface area contributed by atoms with Gasteiger partial charge in [0.15, 0.2) is 0 Å². The fourth-order valence-corrected chi connectivity index (χ4v) is 3.41. The van der Waals surface area contributed by atoms with E-state index in [1.54, 1.807) is 11.3 Å². The van der Waals surface area contributed by atoms with Crippen LogP contribution in [-0.2, 0) is 11.2 Å². The predicted octanol–water partition coefficient (Wildman–Crippen LogP) is 3.98. The number of nitrogens with zero attached hydrogens (tertiary/aromatic N) is 2. The van der Waals surface area contributed by atoms with E-state index >= 15 is 0 Å². The van der Waals surface area contributed by atoms with E-state index in [0.29, 0.717) is 16.6 Å². The van der Waals surface area contributed by atoms with Gasteiger partial charge in [0.1, 0.15) is 11.6 Å². The van der Waals surface area contributed by atoms with Crippen molar-refractivity contribution in [2.45, 2.75) is 11.6 Å². The van der Waals surface area contributed by atoms with Crippen molar-refractivity contribution in [3.63, 3.8) is 0 Å². The van der Waals surface area contributed by atoms with Crippen LogP contribution in [-0.4, -0.2) is 26.8 Å². The van der Waals surface area contributed by atoms with E-state index in [1.165, 1.54) is 34.8 Å². The minimum Gasteiger partial charge on any atom is -0.323 e. The molecule has 1 amide bonds. The molecule has 9 heteroatoms. The number of thiophene rings is 1. The van der Waals surface area contributed by atoms with Gasteiger partial charge in [-0.05, 0) is 29.6 Å². The van der Waals surface area contributed by atoms with Crippen molar-refractivity contribution < 1.29 is 9.18 Å². The summed E-state index contributed by atoms with van der Waals surface area (Å²) >= 11 is 8.61. The Balaban J connectivity index is 1.53. The van der Waals surface area contributed by atoms with Gasteiger partial charge in [0.05, 0.1) is 11.4 Å². The Morgan fingerprint density at radius 1 is 1.42 bits per heavy atom. The summed E-state index contributed by atoms with van der Waals surface area (Å²) in [5.74, 6) is -0.0803. The number of nitrogens with one attached hydrogen (secondary N) is 2. The summed E-state index contributed by atoms with van der Waals surface area (Å²) in [5.41, 5.74) is 0.0569. The first-order valence-corrected chi connectivity index (χ1v) is 9.16. The fourth-order valence-electron chi connectivity index (χ4n) is 1.91. The zero-order valence-electron chi connectivity index (χ0n) is 12.3. The number of hydrogen-bond acceptors (Lipinski definition) is 5. The number of halogens is 2. The molecule has 5 nitrogen and oxygen atoms in total. The van der Waals surface area contributed by atoms with Gasteiger partial charge in [-0.3, -0.25) is 9.89 Å². The van der Waals surface area contributed by atoms with Crippen molar-refractivity contribution in [3.05, 3.63) is 57.3 Å². The summed E-state index contributed by atoms with van der Waals surface area (Å²) in [5, 5.41) is 12.2. The molecule has 124 valence electrons. The zero-order valence-corrected chi connectivity index (χ0v) is 14.6. The van der Waals surface area contributed by atoms with Crippen molar-refractivity contribution >= 4 is 46.3 Å². The van der Waals surface area contributed by atoms with Crippen molar-refractivity contribution in [3.8, 4) is 0 Å². The molecule has 3 aromatic rings. The number of rotatable bonds is 6. The highest BCUT2D eigenvalue weighted by atomic mass is 35.5. The average molecular weight is 383 g/mol. The zero-order chi connectivity index (χ0) is 16.9. The molecule has 24 heavy (non-hydrogen) atoms. The molecule has 0 aliphatic heterocycles. The van der Waals surface area contributed by atoms with Gasteiger partial charge in [0, 0.05) is 16.3 Å². The van der Waals surface area contributed by atoms with E-state index in [0.717, 1.165) is 5.82 Å². The highest BCUT2D eigenvalue weighted by Gasteiger charge is 2.11. The second kappa shape index (κ2) is 7.78. The third-order valence-corrected chi connectivity index (χ3v) is 4.93. The quantitative estimate of drug-likeness (QED) is 0.632. The number of carbonyl (C=O) groups is 1. The van der Waals surface area contributed by atoms with Crippen LogP contribution in [0.15, 0.2) is 40.9 Å². The third-order valence-electron chi connectivity index (χ3n) is 2.97. The van der Waals surface area contributed by atoms with E-state index in [1.807, 2.05) is 17.5 Å². The minimum absolute atomic E-state index is 0.0569. The number of thioether (sulfide) groups is 1. The van der Waals surface area contributed by atoms with Gasteiger partial charge in [-0.2, -0.15) is 0 Å². The molecule has 0 saturated carbocycles. The monoisotopic (exact) mass is 382 g/mol. The third kappa shape index (κ3) is 4.56. The van der Waals surface area contributed by atoms with Crippen molar-refractivity contribution in [2.24, 2.45) is 0 Å². The molecule has 0 aliphatic rings. The molecule has 0 spiro atoms. The lowest BCUT2D eigenvalue weighted by Gasteiger charge is -2.05. The highest BCUT2D eigenvalue weighted by Crippen LogP contribution is 2.21. The fraction of sp³-hybridized carbons (Fsp3) is 0.133. The maximum atomic E-state index is 13.6. The first-order chi connectivity index (χ1) is 11.6. The number of anilines is 1. The summed E-state index contributed by atoms with van der Waals surface area (Å²) in [6, 6.07) is 7.99. The van der Waals surface area contributed by atoms with E-state index in [-0.39, 0.29) is 17.3 Å². The van der Waals surface area contributed by atoms with Gasteiger partial charge < -0.3 is 5.32 Å². The Morgan fingerprint density at radius 3 is 3.08 bits per heavy atom. The molecule has 0 aliphatic carbocycles. The molecule has 0 fully saturated rings. The Labute approximate surface area is 150 Å². The lowest BCUT2D eigenvalue weighted by Crippen LogP contribution is -2.15. The molecule has 1 aromatic carbocycles. The van der Waals surface area contributed by atoms with Crippen LogP contribution in [0.25, 0.3) is 0 Å². The molecule has 2 heterocycles. The number of benzene rings is 1. The van der Waals surface area contributed by atoms with E-state index < -0.39 is 5.82 Å². The molecule has 0 saturated heterocycles. The highest BCUT2D eigenvalue weighted by molar-refractivity contribution is 7.99. The number of carbonyl (C=O) groups excluding carboxylic acids is 1. The topological polar surface area (TPSA) is 70.7 Å². The standard InChI is InChI=1S/C15H12ClFN4OS2/c16-9-3-4-11(17)12(6-9)18-14(22)8-24-15-19-13(20-21-15)7-10-2-1-5-23-10/h1-6H,7-8H2,(H,18,22)(H,19,20,21). The maximum Gasteiger partial charge on any atom is 0.234 e. The van der Waals surface area contributed by atoms with Crippen LogP contribution in [0.1, 0.15) is 10.7 Å². The molecule has 0 radical (unpaired) electrons. The second-order valence-corrected chi connectivity index (χ2v) is 7.19. The minimum atomic E-state index is -0.533. The predicted molar refractivity (Wildman–Crippen MR) is 94.3 cm³/mol. The van der Waals surface area contributed by atoms with E-state index in [9.17, 15) is 9.18 Å². The first kappa shape index (κ1) is 16.9. The summed E-state index contributed by atoms with van der Waals surface area (Å²) in [6.45, 7) is 0. The van der Waals surface area contributed by atoms with Gasteiger partial charge >= 0.3 is 0 Å². The molecule has 0 unspecified atom stereocenters. The summed E-state index contributed by atoms with van der Waals surface area (Å²) in [6.07, 6.45) is 0.672. The Bertz CT molecular complexity index is 838. The lowest BCUT2D eigenvalue weighted by molar-refractivity contribution is -0.113. The average Bonchev–Trinajstić information content (AvgIpc) is 3.21.